The molecule has 1 saturated heterocycles. The van der Waals surface area contributed by atoms with Gasteiger partial charge in [-0.2, -0.15) is 18.3 Å². The number of carbonyl (C=O) groups excluding carboxylic acids is 1. The lowest BCUT2D eigenvalue weighted by Crippen LogP contribution is -2.48. The summed E-state index contributed by atoms with van der Waals surface area (Å²) in [7, 11) is 0. The van der Waals surface area contributed by atoms with Crippen molar-refractivity contribution in [1.29, 1.82) is 0 Å². The van der Waals surface area contributed by atoms with E-state index < -0.39 is 18.3 Å². The standard InChI is InChI=1S/C25H24Cl2F3N5O/c26-18-7-6-17(12-19(18)27)20-13-22(25(28,29)30)35-23(31-20)14-21(32-35)24(36)34-10-8-33(9-11-34)15-16-4-2-1-3-5-16/h1-7,12,14,20,22,31H,8-11,13,15H2/t20-,22-/m0/s1. The fourth-order valence-corrected chi connectivity index (χ4v) is 5.04. The van der Waals surface area contributed by atoms with E-state index in [9.17, 15) is 18.0 Å². The molecule has 5 rings (SSSR count). The van der Waals surface area contributed by atoms with E-state index in [4.69, 9.17) is 23.2 Å². The fraction of sp³-hybridized carbons (Fsp3) is 0.360. The smallest absolute Gasteiger partial charge is 0.363 e. The van der Waals surface area contributed by atoms with Crippen molar-refractivity contribution in [1.82, 2.24) is 19.6 Å². The van der Waals surface area contributed by atoms with Gasteiger partial charge in [0.05, 0.1) is 16.1 Å². The Hall–Kier alpha value is -2.75. The molecular formula is C25H24Cl2F3N5O. The van der Waals surface area contributed by atoms with E-state index in [-0.39, 0.29) is 28.9 Å². The van der Waals surface area contributed by atoms with Gasteiger partial charge in [-0.1, -0.05) is 59.6 Å². The topological polar surface area (TPSA) is 53.4 Å². The van der Waals surface area contributed by atoms with Crippen molar-refractivity contribution in [2.24, 2.45) is 0 Å². The highest BCUT2D eigenvalue weighted by molar-refractivity contribution is 6.42. The van der Waals surface area contributed by atoms with Crippen LogP contribution in [0.4, 0.5) is 19.0 Å². The van der Waals surface area contributed by atoms with Gasteiger partial charge in [0.1, 0.15) is 5.82 Å². The molecule has 2 aliphatic rings. The highest BCUT2D eigenvalue weighted by Crippen LogP contribution is 2.44. The van der Waals surface area contributed by atoms with E-state index in [0.717, 1.165) is 11.2 Å². The number of hydrogen-bond acceptors (Lipinski definition) is 4. The summed E-state index contributed by atoms with van der Waals surface area (Å²) in [6.07, 6.45) is -4.83. The van der Waals surface area contributed by atoms with Gasteiger partial charge in [0.25, 0.3) is 5.91 Å². The van der Waals surface area contributed by atoms with Crippen molar-refractivity contribution in [3.63, 3.8) is 0 Å². The quantitative estimate of drug-likeness (QED) is 0.456. The Morgan fingerprint density at radius 3 is 2.39 bits per heavy atom. The number of benzene rings is 2. The molecule has 0 radical (unpaired) electrons. The summed E-state index contributed by atoms with van der Waals surface area (Å²) in [5, 5.41) is 7.79. The summed E-state index contributed by atoms with van der Waals surface area (Å²) in [5.41, 5.74) is 1.77. The lowest BCUT2D eigenvalue weighted by Gasteiger charge is -2.34. The first-order valence-corrected chi connectivity index (χ1v) is 12.4. The molecular weight excluding hydrogens is 514 g/mol. The minimum absolute atomic E-state index is 0.00181. The molecule has 2 atom stereocenters. The highest BCUT2D eigenvalue weighted by atomic mass is 35.5. The summed E-state index contributed by atoms with van der Waals surface area (Å²) in [5.74, 6) is -0.226. The normalized spacial score (nSPS) is 20.6. The van der Waals surface area contributed by atoms with Crippen molar-refractivity contribution in [2.45, 2.75) is 31.2 Å². The van der Waals surface area contributed by atoms with Gasteiger partial charge in [-0.3, -0.25) is 9.69 Å². The average molecular weight is 538 g/mol. The van der Waals surface area contributed by atoms with Crippen LogP contribution in [0.5, 0.6) is 0 Å². The average Bonchev–Trinajstić information content (AvgIpc) is 3.29. The van der Waals surface area contributed by atoms with Crippen LogP contribution in [0.1, 0.15) is 40.1 Å². The maximum absolute atomic E-state index is 14.0. The molecule has 190 valence electrons. The Morgan fingerprint density at radius 2 is 1.72 bits per heavy atom. The Morgan fingerprint density at radius 1 is 1.00 bits per heavy atom. The van der Waals surface area contributed by atoms with E-state index in [1.165, 1.54) is 11.6 Å². The molecule has 0 bridgehead atoms. The van der Waals surface area contributed by atoms with Crippen LogP contribution in [0.25, 0.3) is 0 Å². The number of piperazine rings is 1. The van der Waals surface area contributed by atoms with E-state index in [2.05, 4.69) is 27.4 Å². The van der Waals surface area contributed by atoms with E-state index in [1.54, 1.807) is 23.1 Å². The van der Waals surface area contributed by atoms with E-state index in [0.29, 0.717) is 36.8 Å². The summed E-state index contributed by atoms with van der Waals surface area (Å²) in [4.78, 5) is 17.1. The number of rotatable bonds is 4. The van der Waals surface area contributed by atoms with Gasteiger partial charge in [-0.25, -0.2) is 4.68 Å². The lowest BCUT2D eigenvalue weighted by molar-refractivity contribution is -0.173. The number of hydrogen-bond donors (Lipinski definition) is 1. The monoisotopic (exact) mass is 537 g/mol. The summed E-state index contributed by atoms with van der Waals surface area (Å²) in [6.45, 7) is 3.11. The largest absolute Gasteiger partial charge is 0.410 e. The van der Waals surface area contributed by atoms with Gasteiger partial charge < -0.3 is 10.2 Å². The summed E-state index contributed by atoms with van der Waals surface area (Å²) >= 11 is 12.1. The fourth-order valence-electron chi connectivity index (χ4n) is 4.74. The molecule has 0 spiro atoms. The number of alkyl halides is 3. The maximum atomic E-state index is 14.0. The number of anilines is 1. The minimum atomic E-state index is -4.54. The second-order valence-corrected chi connectivity index (χ2v) is 9.89. The zero-order valence-corrected chi connectivity index (χ0v) is 20.7. The van der Waals surface area contributed by atoms with Crippen molar-refractivity contribution < 1.29 is 18.0 Å². The van der Waals surface area contributed by atoms with Gasteiger partial charge in [-0.15, -0.1) is 0 Å². The van der Waals surface area contributed by atoms with Crippen LogP contribution < -0.4 is 5.32 Å². The predicted molar refractivity (Wildman–Crippen MR) is 132 cm³/mol. The van der Waals surface area contributed by atoms with Crippen molar-refractivity contribution in [2.75, 3.05) is 31.5 Å². The van der Waals surface area contributed by atoms with E-state index in [1.807, 2.05) is 18.2 Å². The van der Waals surface area contributed by atoms with Crippen LogP contribution >= 0.6 is 23.2 Å². The predicted octanol–water partition coefficient (Wildman–Crippen LogP) is 5.81. The molecule has 1 N–H and O–H groups in total. The van der Waals surface area contributed by atoms with Crippen LogP contribution in [0.3, 0.4) is 0 Å². The number of carbonyl (C=O) groups is 1. The number of aromatic nitrogens is 2. The zero-order valence-electron chi connectivity index (χ0n) is 19.2. The third-order valence-corrected chi connectivity index (χ3v) is 7.40. The third-order valence-electron chi connectivity index (χ3n) is 6.66. The Labute approximate surface area is 216 Å². The van der Waals surface area contributed by atoms with Crippen LogP contribution in [-0.4, -0.2) is 57.8 Å². The molecule has 0 aliphatic carbocycles. The molecule has 1 fully saturated rings. The minimum Gasteiger partial charge on any atom is -0.363 e. The Kier molecular flexibility index (Phi) is 6.89. The SMILES string of the molecule is O=C(c1cc2n(n1)[C@H](C(F)(F)F)C[C@@H](c1ccc(Cl)c(Cl)c1)N2)N1CCN(Cc2ccccc2)CC1. The van der Waals surface area contributed by atoms with Crippen LogP contribution in [0.15, 0.2) is 54.6 Å². The van der Waals surface area contributed by atoms with E-state index >= 15 is 0 Å². The number of halogens is 5. The van der Waals surface area contributed by atoms with Crippen LogP contribution in [-0.2, 0) is 6.54 Å². The molecule has 1 aromatic heterocycles. The summed E-state index contributed by atoms with van der Waals surface area (Å²) < 4.78 is 42.9. The molecule has 2 aromatic carbocycles. The zero-order chi connectivity index (χ0) is 25.4. The molecule has 6 nitrogen and oxygen atoms in total. The third kappa shape index (κ3) is 5.19. The molecule has 3 heterocycles. The Bertz CT molecular complexity index is 1240. The maximum Gasteiger partial charge on any atom is 0.410 e. The second-order valence-electron chi connectivity index (χ2n) is 9.08. The number of fused-ring (bicyclic) bond motifs is 1. The van der Waals surface area contributed by atoms with Gasteiger partial charge in [0.15, 0.2) is 11.7 Å². The molecule has 36 heavy (non-hydrogen) atoms. The van der Waals surface area contributed by atoms with Crippen molar-refractivity contribution in [3.8, 4) is 0 Å². The molecule has 0 saturated carbocycles. The Balaban J connectivity index is 1.32. The summed E-state index contributed by atoms with van der Waals surface area (Å²) in [6, 6.07) is 13.7. The number of nitrogens with one attached hydrogen (secondary N) is 1. The molecule has 2 aliphatic heterocycles. The molecule has 3 aromatic rings. The molecule has 11 heteroatoms. The number of amides is 1. The van der Waals surface area contributed by atoms with Crippen LogP contribution in [0.2, 0.25) is 10.0 Å². The van der Waals surface area contributed by atoms with Gasteiger partial charge >= 0.3 is 6.18 Å². The highest BCUT2D eigenvalue weighted by Gasteiger charge is 2.47. The first-order chi connectivity index (χ1) is 17.2. The van der Waals surface area contributed by atoms with Crippen molar-refractivity contribution in [3.05, 3.63) is 81.5 Å². The lowest BCUT2D eigenvalue weighted by atomic mass is 9.97. The number of nitrogens with zero attached hydrogens (tertiary/aromatic N) is 4. The van der Waals surface area contributed by atoms with Crippen molar-refractivity contribution >= 4 is 34.9 Å². The van der Waals surface area contributed by atoms with Crippen LogP contribution in [0, 0.1) is 0 Å². The van der Waals surface area contributed by atoms with Gasteiger partial charge in [0, 0.05) is 45.2 Å². The molecule has 0 unspecified atom stereocenters. The van der Waals surface area contributed by atoms with Gasteiger partial charge in [0.2, 0.25) is 0 Å². The first kappa shape index (κ1) is 24.9. The van der Waals surface area contributed by atoms with Gasteiger partial charge in [-0.05, 0) is 23.3 Å². The second kappa shape index (κ2) is 9.95. The molecule has 1 amide bonds. The first-order valence-electron chi connectivity index (χ1n) is 11.6.